The van der Waals surface area contributed by atoms with E-state index in [9.17, 15) is 0 Å². The third-order valence-corrected chi connectivity index (χ3v) is 3.94. The van der Waals surface area contributed by atoms with E-state index >= 15 is 0 Å². The molecule has 3 nitrogen and oxygen atoms in total. The van der Waals surface area contributed by atoms with Crippen molar-refractivity contribution in [2.75, 3.05) is 6.79 Å². The zero-order valence-corrected chi connectivity index (χ0v) is 10.0. The second-order valence-corrected chi connectivity index (χ2v) is 5.04. The Kier molecular flexibility index (Phi) is 2.93. The summed E-state index contributed by atoms with van der Waals surface area (Å²) in [5, 5.41) is 0. The summed E-state index contributed by atoms with van der Waals surface area (Å²) in [6.45, 7) is 0.331. The summed E-state index contributed by atoms with van der Waals surface area (Å²) in [5.41, 5.74) is 7.55. The van der Waals surface area contributed by atoms with Crippen LogP contribution in [0.2, 0.25) is 0 Å². The molecule has 1 fully saturated rings. The molecule has 17 heavy (non-hydrogen) atoms. The maximum absolute atomic E-state index is 6.37. The van der Waals surface area contributed by atoms with Gasteiger partial charge in [0.05, 0.1) is 0 Å². The van der Waals surface area contributed by atoms with E-state index in [1.807, 2.05) is 12.1 Å². The Balaban J connectivity index is 1.78. The normalized spacial score (nSPS) is 21.5. The fourth-order valence-corrected chi connectivity index (χ4v) is 2.89. The maximum atomic E-state index is 6.37. The number of rotatable bonds is 2. The molecule has 92 valence electrons. The van der Waals surface area contributed by atoms with Gasteiger partial charge in [0.2, 0.25) is 6.79 Å². The summed E-state index contributed by atoms with van der Waals surface area (Å²) in [4.78, 5) is 0. The predicted molar refractivity (Wildman–Crippen MR) is 66.1 cm³/mol. The van der Waals surface area contributed by atoms with Gasteiger partial charge in [0.15, 0.2) is 11.5 Å². The minimum absolute atomic E-state index is 0.143. The van der Waals surface area contributed by atoms with Crippen LogP contribution in [0.3, 0.4) is 0 Å². The van der Waals surface area contributed by atoms with Crippen molar-refractivity contribution in [3.05, 3.63) is 23.8 Å². The average molecular weight is 233 g/mol. The molecule has 1 aliphatic carbocycles. The van der Waals surface area contributed by atoms with Crippen LogP contribution in [0.15, 0.2) is 18.2 Å². The van der Waals surface area contributed by atoms with E-state index in [4.69, 9.17) is 15.2 Å². The third-order valence-electron chi connectivity index (χ3n) is 3.94. The number of benzene rings is 1. The van der Waals surface area contributed by atoms with Crippen molar-refractivity contribution in [1.82, 2.24) is 0 Å². The number of hydrogen-bond donors (Lipinski definition) is 1. The lowest BCUT2D eigenvalue weighted by atomic mass is 9.81. The highest BCUT2D eigenvalue weighted by atomic mass is 16.7. The molecule has 3 rings (SSSR count). The Morgan fingerprint density at radius 1 is 1.06 bits per heavy atom. The van der Waals surface area contributed by atoms with Crippen molar-refractivity contribution in [1.29, 1.82) is 0 Å². The van der Waals surface area contributed by atoms with Crippen LogP contribution < -0.4 is 15.2 Å². The van der Waals surface area contributed by atoms with E-state index in [-0.39, 0.29) is 6.04 Å². The number of ether oxygens (including phenoxy) is 2. The molecule has 1 atom stereocenters. The Hall–Kier alpha value is -1.22. The van der Waals surface area contributed by atoms with Gasteiger partial charge >= 0.3 is 0 Å². The fraction of sp³-hybridized carbons (Fsp3) is 0.571. The molecule has 0 saturated heterocycles. The molecule has 0 amide bonds. The first-order chi connectivity index (χ1) is 8.34. The molecule has 2 aliphatic rings. The van der Waals surface area contributed by atoms with Gasteiger partial charge in [0, 0.05) is 6.04 Å². The van der Waals surface area contributed by atoms with Crippen LogP contribution >= 0.6 is 0 Å². The first kappa shape index (κ1) is 10.9. The van der Waals surface area contributed by atoms with Gasteiger partial charge in [-0.15, -0.1) is 0 Å². The second kappa shape index (κ2) is 4.57. The molecule has 0 bridgehead atoms. The van der Waals surface area contributed by atoms with Crippen molar-refractivity contribution in [2.24, 2.45) is 11.7 Å². The maximum Gasteiger partial charge on any atom is 0.231 e. The van der Waals surface area contributed by atoms with Crippen molar-refractivity contribution < 1.29 is 9.47 Å². The molecule has 3 heteroatoms. The lowest BCUT2D eigenvalue weighted by Gasteiger charge is -2.27. The second-order valence-electron chi connectivity index (χ2n) is 5.04. The van der Waals surface area contributed by atoms with E-state index in [2.05, 4.69) is 6.07 Å². The molecule has 1 aromatic carbocycles. The SMILES string of the molecule is N[C@@H](c1ccc2c(c1)OCO2)C1CCCCC1. The van der Waals surface area contributed by atoms with Gasteiger partial charge in [-0.3, -0.25) is 0 Å². The van der Waals surface area contributed by atoms with Crippen LogP contribution in [0, 0.1) is 5.92 Å². The lowest BCUT2D eigenvalue weighted by Crippen LogP contribution is -2.23. The zero-order valence-electron chi connectivity index (χ0n) is 10.0. The van der Waals surface area contributed by atoms with Crippen LogP contribution in [0.1, 0.15) is 43.7 Å². The highest BCUT2D eigenvalue weighted by molar-refractivity contribution is 5.45. The largest absolute Gasteiger partial charge is 0.454 e. The molecule has 0 radical (unpaired) electrons. The van der Waals surface area contributed by atoms with E-state index < -0.39 is 0 Å². The summed E-state index contributed by atoms with van der Waals surface area (Å²) in [6.07, 6.45) is 6.53. The Morgan fingerprint density at radius 2 is 1.82 bits per heavy atom. The quantitative estimate of drug-likeness (QED) is 0.854. The van der Waals surface area contributed by atoms with Crippen molar-refractivity contribution in [3.8, 4) is 11.5 Å². The van der Waals surface area contributed by atoms with Crippen molar-refractivity contribution in [3.63, 3.8) is 0 Å². The van der Waals surface area contributed by atoms with Crippen molar-refractivity contribution in [2.45, 2.75) is 38.1 Å². The molecule has 1 aliphatic heterocycles. The fourth-order valence-electron chi connectivity index (χ4n) is 2.89. The summed E-state index contributed by atoms with van der Waals surface area (Å²) >= 11 is 0. The minimum atomic E-state index is 0.143. The van der Waals surface area contributed by atoms with Crippen LogP contribution in [0.4, 0.5) is 0 Å². The monoisotopic (exact) mass is 233 g/mol. The van der Waals surface area contributed by atoms with E-state index in [1.165, 1.54) is 37.7 Å². The zero-order chi connectivity index (χ0) is 11.7. The number of hydrogen-bond acceptors (Lipinski definition) is 3. The average Bonchev–Trinajstić information content (AvgIpc) is 2.86. The Labute approximate surface area is 102 Å². The molecule has 2 N–H and O–H groups in total. The van der Waals surface area contributed by atoms with E-state index in [1.54, 1.807) is 0 Å². The summed E-state index contributed by atoms with van der Waals surface area (Å²) < 4.78 is 10.7. The predicted octanol–water partition coefficient (Wildman–Crippen LogP) is 3.00. The molecular formula is C14H19NO2. The molecule has 1 aromatic rings. The third kappa shape index (κ3) is 2.12. The first-order valence-electron chi connectivity index (χ1n) is 6.50. The summed E-state index contributed by atoms with van der Waals surface area (Å²) in [7, 11) is 0. The minimum Gasteiger partial charge on any atom is -0.454 e. The van der Waals surface area contributed by atoms with Gasteiger partial charge in [0.25, 0.3) is 0 Å². The Morgan fingerprint density at radius 3 is 2.65 bits per heavy atom. The smallest absolute Gasteiger partial charge is 0.231 e. The standard InChI is InChI=1S/C14H19NO2/c15-14(10-4-2-1-3-5-10)11-6-7-12-13(8-11)17-9-16-12/h6-8,10,14H,1-5,9,15H2/t14-/m1/s1. The van der Waals surface area contributed by atoms with Gasteiger partial charge in [-0.1, -0.05) is 25.3 Å². The van der Waals surface area contributed by atoms with Gasteiger partial charge in [-0.05, 0) is 36.5 Å². The molecular weight excluding hydrogens is 214 g/mol. The van der Waals surface area contributed by atoms with Gasteiger partial charge in [0.1, 0.15) is 0 Å². The van der Waals surface area contributed by atoms with Gasteiger partial charge in [-0.2, -0.15) is 0 Å². The van der Waals surface area contributed by atoms with Crippen LogP contribution in [-0.2, 0) is 0 Å². The molecule has 1 saturated carbocycles. The van der Waals surface area contributed by atoms with Gasteiger partial charge in [-0.25, -0.2) is 0 Å². The van der Waals surface area contributed by atoms with Crippen molar-refractivity contribution >= 4 is 0 Å². The molecule has 0 aromatic heterocycles. The molecule has 0 unspecified atom stereocenters. The highest BCUT2D eigenvalue weighted by Crippen LogP contribution is 2.38. The number of nitrogens with two attached hydrogens (primary N) is 1. The highest BCUT2D eigenvalue weighted by Gasteiger charge is 2.23. The van der Waals surface area contributed by atoms with E-state index in [0.29, 0.717) is 12.7 Å². The van der Waals surface area contributed by atoms with Crippen LogP contribution in [0.25, 0.3) is 0 Å². The number of fused-ring (bicyclic) bond motifs is 1. The molecule has 0 spiro atoms. The first-order valence-corrected chi connectivity index (χ1v) is 6.50. The lowest BCUT2D eigenvalue weighted by molar-refractivity contribution is 0.174. The summed E-state index contributed by atoms with van der Waals surface area (Å²) in [5.74, 6) is 2.31. The summed E-state index contributed by atoms with van der Waals surface area (Å²) in [6, 6.07) is 6.24. The molecule has 1 heterocycles. The van der Waals surface area contributed by atoms with Crippen LogP contribution in [0.5, 0.6) is 11.5 Å². The van der Waals surface area contributed by atoms with E-state index in [0.717, 1.165) is 11.5 Å². The Bertz CT molecular complexity index is 399. The topological polar surface area (TPSA) is 44.5 Å². The van der Waals surface area contributed by atoms with Gasteiger partial charge < -0.3 is 15.2 Å². The van der Waals surface area contributed by atoms with Crippen LogP contribution in [-0.4, -0.2) is 6.79 Å².